The fourth-order valence-electron chi connectivity index (χ4n) is 10.3. The molecule has 388 valence electrons. The molecule has 0 saturated heterocycles. The van der Waals surface area contributed by atoms with Crippen molar-refractivity contribution in [1.82, 2.24) is 0 Å². The van der Waals surface area contributed by atoms with Gasteiger partial charge < -0.3 is 34.3 Å². The first-order valence-corrected chi connectivity index (χ1v) is 26.2. The molecule has 67 heavy (non-hydrogen) atoms. The van der Waals surface area contributed by atoms with E-state index in [0.29, 0.717) is 43.6 Å². The van der Waals surface area contributed by atoms with Gasteiger partial charge in [-0.3, -0.25) is 14.4 Å². The minimum absolute atomic E-state index is 0.00920. The number of hydrogen-bond donors (Lipinski definition) is 3. The lowest BCUT2D eigenvalue weighted by Crippen LogP contribution is -2.40. The van der Waals surface area contributed by atoms with Crippen LogP contribution in [-0.2, 0) is 33.4 Å². The van der Waals surface area contributed by atoms with Crippen LogP contribution in [-0.4, -0.2) is 90.5 Å². The number of ether oxygens (including phenoxy) is 3. The highest BCUT2D eigenvalue weighted by Crippen LogP contribution is 2.39. The van der Waals surface area contributed by atoms with Gasteiger partial charge in [-0.1, -0.05) is 144 Å². The molecule has 0 aromatic heterocycles. The minimum atomic E-state index is -1.19. The van der Waals surface area contributed by atoms with E-state index in [4.69, 9.17) is 14.2 Å². The van der Waals surface area contributed by atoms with Crippen molar-refractivity contribution in [3.63, 3.8) is 0 Å². The molecule has 0 spiro atoms. The molecule has 1 aliphatic carbocycles. The van der Waals surface area contributed by atoms with Gasteiger partial charge >= 0.3 is 5.97 Å². The zero-order valence-corrected chi connectivity index (χ0v) is 44.9. The first-order chi connectivity index (χ1) is 31.8. The average Bonchev–Trinajstić information content (AvgIpc) is 3.30. The number of allylic oxidation sites excluding steroid dienone is 6. The first kappa shape index (κ1) is 64.2. The van der Waals surface area contributed by atoms with E-state index >= 15 is 0 Å². The summed E-state index contributed by atoms with van der Waals surface area (Å²) >= 11 is 0. The van der Waals surface area contributed by atoms with Gasteiger partial charge in [-0.2, -0.15) is 0 Å². The lowest BCUT2D eigenvalue weighted by atomic mass is 9.72. The minimum Gasteiger partial charge on any atom is -0.481 e. The molecule has 1 rings (SSSR count). The first-order valence-electron chi connectivity index (χ1n) is 26.2. The predicted octanol–water partition coefficient (Wildman–Crippen LogP) is 12.7. The lowest BCUT2D eigenvalue weighted by Gasteiger charge is -2.35. The SMILES string of the molecule is CC.CCC[C@@H](CC(C)C(=O)O)C(CCC(=O)[C@H](C)/C=C(\C)C(O)[C@@H](OC)C(=O)C(C)C[C@H](C)/C=C/C=C/C=C(\C)[C@H](CCCCC(C)C(O)(CC=O)CCC)OC)CC1CCCC(OC)C1. The van der Waals surface area contributed by atoms with Crippen molar-refractivity contribution in [3.05, 3.63) is 47.6 Å². The molecule has 8 unspecified atom stereocenters. The van der Waals surface area contributed by atoms with Gasteiger partial charge in [0.25, 0.3) is 0 Å². The highest BCUT2D eigenvalue weighted by atomic mass is 16.5. The van der Waals surface area contributed by atoms with Crippen LogP contribution in [0.25, 0.3) is 0 Å². The van der Waals surface area contributed by atoms with Crippen LogP contribution in [0.4, 0.5) is 0 Å². The second-order valence-electron chi connectivity index (χ2n) is 20.0. The molecule has 0 bridgehead atoms. The van der Waals surface area contributed by atoms with Gasteiger partial charge in [-0.15, -0.1) is 0 Å². The number of rotatable bonds is 36. The Kier molecular flexibility index (Phi) is 34.7. The van der Waals surface area contributed by atoms with Crippen LogP contribution in [0.5, 0.6) is 0 Å². The number of hydrogen-bond acceptors (Lipinski definition) is 9. The number of methoxy groups -OCH3 is 3. The van der Waals surface area contributed by atoms with E-state index in [2.05, 4.69) is 32.9 Å². The van der Waals surface area contributed by atoms with Gasteiger partial charge in [0.15, 0.2) is 5.78 Å². The molecule has 0 aromatic carbocycles. The molecule has 0 radical (unpaired) electrons. The Bertz CT molecular complexity index is 1500. The van der Waals surface area contributed by atoms with Crippen molar-refractivity contribution < 1.29 is 48.7 Å². The van der Waals surface area contributed by atoms with Crippen LogP contribution in [0.15, 0.2) is 47.6 Å². The molecule has 1 aliphatic rings. The summed E-state index contributed by atoms with van der Waals surface area (Å²) in [4.78, 5) is 50.3. The number of aldehydes is 1. The molecular weight excluding hydrogens is 845 g/mol. The molecule has 10 nitrogen and oxygen atoms in total. The number of carboxylic acid groups (broad SMARTS) is 1. The molecule has 1 fully saturated rings. The van der Waals surface area contributed by atoms with E-state index in [1.807, 2.05) is 59.8 Å². The second-order valence-corrected chi connectivity index (χ2v) is 20.0. The van der Waals surface area contributed by atoms with Crippen LogP contribution >= 0.6 is 0 Å². The second kappa shape index (κ2) is 36.2. The third kappa shape index (κ3) is 24.6. The standard InChI is InChI=1S/C55H94O10.C2H6/c1-13-21-46(35-43(8)54(60)61)47(36-45-25-20-26-48(37-45)63-10)28-29-49(57)40(5)34-42(7)52(59)53(65-12)51(58)41(6)33-38(3)22-16-15-17-23-39(4)50(64-11)27-19-18-24-44(9)55(62,30-14-2)31-32-56;1-2/h15-17,22-23,32,34,38,40-41,43-48,50,52-53,59,62H,13-14,18-21,24-31,33,35-37H2,1-12H3,(H,60,61);1-2H3/b17-15+,22-16+,39-23+,42-34+;/t38-,40-,41?,43?,44?,45?,46+,47?,48?,50+,52?,53+,55?;/m1./s1. The van der Waals surface area contributed by atoms with E-state index in [-0.39, 0.29) is 59.8 Å². The van der Waals surface area contributed by atoms with E-state index in [0.717, 1.165) is 88.9 Å². The van der Waals surface area contributed by atoms with Gasteiger partial charge in [0.05, 0.1) is 23.7 Å². The van der Waals surface area contributed by atoms with E-state index in [9.17, 15) is 34.5 Å². The smallest absolute Gasteiger partial charge is 0.306 e. The van der Waals surface area contributed by atoms with Gasteiger partial charge in [0.1, 0.15) is 24.3 Å². The van der Waals surface area contributed by atoms with Crippen LogP contribution in [0.3, 0.4) is 0 Å². The number of aliphatic carboxylic acids is 1. The Hall–Kier alpha value is -2.76. The number of carboxylic acids is 1. The van der Waals surface area contributed by atoms with Crippen LogP contribution < -0.4 is 0 Å². The van der Waals surface area contributed by atoms with Crippen molar-refractivity contribution in [3.8, 4) is 0 Å². The Balaban J connectivity index is 0.0000215. The summed E-state index contributed by atoms with van der Waals surface area (Å²) in [5, 5.41) is 32.1. The monoisotopic (exact) mass is 945 g/mol. The predicted molar refractivity (Wildman–Crippen MR) is 275 cm³/mol. The summed E-state index contributed by atoms with van der Waals surface area (Å²) in [7, 11) is 4.93. The zero-order valence-electron chi connectivity index (χ0n) is 44.9. The Morgan fingerprint density at radius 1 is 0.806 bits per heavy atom. The van der Waals surface area contributed by atoms with Crippen LogP contribution in [0.1, 0.15) is 192 Å². The summed E-state index contributed by atoms with van der Waals surface area (Å²) in [6.07, 6.45) is 25.4. The van der Waals surface area contributed by atoms with Gasteiger partial charge in [-0.25, -0.2) is 0 Å². The summed E-state index contributed by atoms with van der Waals surface area (Å²) in [6, 6.07) is 0. The van der Waals surface area contributed by atoms with Crippen molar-refractivity contribution in [2.75, 3.05) is 21.3 Å². The number of Topliss-reactive ketones (excluding diaryl/α,β-unsaturated/α-hetero) is 2. The highest BCUT2D eigenvalue weighted by molar-refractivity contribution is 5.86. The average molecular weight is 945 g/mol. The molecule has 10 heteroatoms. The van der Waals surface area contributed by atoms with Crippen molar-refractivity contribution in [2.45, 2.75) is 222 Å². The Labute approximate surface area is 409 Å². The molecule has 3 N–H and O–H groups in total. The molecular formula is C57H100O10. The largest absolute Gasteiger partial charge is 0.481 e. The lowest BCUT2D eigenvalue weighted by molar-refractivity contribution is -0.142. The number of carbonyl (C=O) groups is 4. The fraction of sp³-hybridized carbons (Fsp3) is 0.789. The fourth-order valence-corrected chi connectivity index (χ4v) is 10.3. The topological polar surface area (TPSA) is 157 Å². The maximum Gasteiger partial charge on any atom is 0.306 e. The van der Waals surface area contributed by atoms with Crippen molar-refractivity contribution in [2.24, 2.45) is 47.3 Å². The van der Waals surface area contributed by atoms with Crippen LogP contribution in [0.2, 0.25) is 0 Å². The number of aliphatic hydroxyl groups excluding tert-OH is 1. The molecule has 1 saturated carbocycles. The van der Waals surface area contributed by atoms with Gasteiger partial charge in [0, 0.05) is 46.0 Å². The summed E-state index contributed by atoms with van der Waals surface area (Å²) in [5.41, 5.74) is 0.723. The highest BCUT2D eigenvalue weighted by Gasteiger charge is 2.34. The molecule has 0 aromatic rings. The molecule has 0 amide bonds. The number of aliphatic hydroxyl groups is 2. The molecule has 0 aliphatic heterocycles. The van der Waals surface area contributed by atoms with Crippen molar-refractivity contribution in [1.29, 1.82) is 0 Å². The Morgan fingerprint density at radius 2 is 1.48 bits per heavy atom. The van der Waals surface area contributed by atoms with Crippen molar-refractivity contribution >= 4 is 23.8 Å². The maximum absolute atomic E-state index is 13.7. The van der Waals surface area contributed by atoms with Gasteiger partial charge in [0.2, 0.25) is 0 Å². The summed E-state index contributed by atoms with van der Waals surface area (Å²) in [6.45, 7) is 21.6. The van der Waals surface area contributed by atoms with E-state index in [1.54, 1.807) is 34.1 Å². The van der Waals surface area contributed by atoms with Gasteiger partial charge in [-0.05, 0) is 112 Å². The number of ketones is 2. The zero-order chi connectivity index (χ0) is 51.1. The van der Waals surface area contributed by atoms with Crippen LogP contribution in [0, 0.1) is 47.3 Å². The summed E-state index contributed by atoms with van der Waals surface area (Å²) in [5.74, 6) is -1.06. The Morgan fingerprint density at radius 3 is 2.06 bits per heavy atom. The number of unbranched alkanes of at least 4 members (excludes halogenated alkanes) is 1. The number of carbonyl (C=O) groups excluding carboxylic acids is 3. The molecule has 13 atom stereocenters. The normalized spacial score (nSPS) is 21.5. The maximum atomic E-state index is 13.7. The van der Waals surface area contributed by atoms with E-state index < -0.39 is 35.6 Å². The third-order valence-electron chi connectivity index (χ3n) is 14.6. The summed E-state index contributed by atoms with van der Waals surface area (Å²) < 4.78 is 17.1. The molecule has 0 heterocycles. The third-order valence-corrected chi connectivity index (χ3v) is 14.6. The van der Waals surface area contributed by atoms with E-state index in [1.165, 1.54) is 7.11 Å². The quantitative estimate of drug-likeness (QED) is 0.0239.